The van der Waals surface area contributed by atoms with E-state index >= 15 is 0 Å². The highest BCUT2D eigenvalue weighted by atomic mass is 19.4. The van der Waals surface area contributed by atoms with Crippen molar-refractivity contribution >= 4 is 5.91 Å². The van der Waals surface area contributed by atoms with Gasteiger partial charge >= 0.3 is 6.18 Å². The van der Waals surface area contributed by atoms with Crippen LogP contribution in [0.25, 0.3) is 0 Å². The maximum atomic E-state index is 12.7. The fraction of sp³-hybridized carbons (Fsp3) is 0.357. The second kappa shape index (κ2) is 5.66. The van der Waals surface area contributed by atoms with Gasteiger partial charge in [0.1, 0.15) is 5.54 Å². The van der Waals surface area contributed by atoms with E-state index in [0.29, 0.717) is 0 Å². The minimum absolute atomic E-state index is 0.168. The molecule has 3 N–H and O–H groups in total. The normalized spacial score (nSPS) is 14.7. The smallest absolute Gasteiger partial charge is 0.368 e. The maximum Gasteiger partial charge on any atom is 0.416 e. The van der Waals surface area contributed by atoms with Crippen LogP contribution in [0.3, 0.4) is 0 Å². The van der Waals surface area contributed by atoms with Gasteiger partial charge in [0.2, 0.25) is 5.91 Å². The van der Waals surface area contributed by atoms with Gasteiger partial charge in [0, 0.05) is 6.54 Å². The number of nitrogens with two attached hydrogens (primary N) is 1. The van der Waals surface area contributed by atoms with E-state index in [0.717, 1.165) is 17.7 Å². The number of hydrogen-bond acceptors (Lipinski definition) is 2. The zero-order chi connectivity index (χ0) is 15.6. The Morgan fingerprint density at radius 3 is 2.35 bits per heavy atom. The Morgan fingerprint density at radius 2 is 1.90 bits per heavy atom. The predicted molar refractivity (Wildman–Crippen MR) is 70.8 cm³/mol. The molecule has 0 radical (unpaired) electrons. The lowest BCUT2D eigenvalue weighted by Crippen LogP contribution is -2.50. The summed E-state index contributed by atoms with van der Waals surface area (Å²) in [6.07, 6.45) is -4.47. The van der Waals surface area contributed by atoms with E-state index in [1.54, 1.807) is 6.92 Å². The van der Waals surface area contributed by atoms with Gasteiger partial charge in [-0.1, -0.05) is 24.3 Å². The lowest BCUT2D eigenvalue weighted by molar-refractivity contribution is -0.138. The predicted octanol–water partition coefficient (Wildman–Crippen LogP) is 2.57. The number of amides is 1. The highest BCUT2D eigenvalue weighted by Gasteiger charge is 2.36. The summed E-state index contributed by atoms with van der Waals surface area (Å²) in [6, 6.07) is 4.56. The molecule has 3 nitrogen and oxygen atoms in total. The monoisotopic (exact) mass is 286 g/mol. The van der Waals surface area contributed by atoms with Crippen molar-refractivity contribution in [3.8, 4) is 0 Å². The van der Waals surface area contributed by atoms with Crippen molar-refractivity contribution in [2.24, 2.45) is 5.73 Å². The number of nitrogens with one attached hydrogen (secondary N) is 1. The van der Waals surface area contributed by atoms with Crippen LogP contribution in [0.2, 0.25) is 0 Å². The first-order valence-electron chi connectivity index (χ1n) is 5.94. The Balaban J connectivity index is 3.22. The van der Waals surface area contributed by atoms with Crippen LogP contribution in [0.5, 0.6) is 0 Å². The summed E-state index contributed by atoms with van der Waals surface area (Å²) < 4.78 is 38.2. The average molecular weight is 286 g/mol. The number of carbonyl (C=O) groups is 1. The van der Waals surface area contributed by atoms with Gasteiger partial charge in [-0.2, -0.15) is 13.2 Å². The van der Waals surface area contributed by atoms with Crippen molar-refractivity contribution in [1.29, 1.82) is 0 Å². The first-order valence-corrected chi connectivity index (χ1v) is 5.94. The van der Waals surface area contributed by atoms with Gasteiger partial charge < -0.3 is 5.73 Å². The number of alkyl halides is 3. The van der Waals surface area contributed by atoms with E-state index < -0.39 is 23.2 Å². The topological polar surface area (TPSA) is 55.1 Å². The molecule has 0 saturated heterocycles. The first kappa shape index (κ1) is 16.2. The molecule has 0 saturated carbocycles. The summed E-state index contributed by atoms with van der Waals surface area (Å²) in [5.74, 6) is -0.752. The molecule has 20 heavy (non-hydrogen) atoms. The van der Waals surface area contributed by atoms with Crippen molar-refractivity contribution in [1.82, 2.24) is 5.32 Å². The fourth-order valence-corrected chi connectivity index (χ4v) is 1.67. The molecule has 0 aliphatic carbocycles. The first-order chi connectivity index (χ1) is 9.07. The molecule has 0 fully saturated rings. The third-order valence-electron chi connectivity index (χ3n) is 3.00. The molecule has 1 rings (SSSR count). The highest BCUT2D eigenvalue weighted by molar-refractivity contribution is 5.85. The average Bonchev–Trinajstić information content (AvgIpc) is 2.34. The minimum Gasteiger partial charge on any atom is -0.368 e. The van der Waals surface area contributed by atoms with Crippen molar-refractivity contribution in [3.63, 3.8) is 0 Å². The molecule has 0 unspecified atom stereocenters. The van der Waals surface area contributed by atoms with Crippen LogP contribution < -0.4 is 11.1 Å². The molecular weight excluding hydrogens is 269 g/mol. The van der Waals surface area contributed by atoms with Crippen LogP contribution in [0.4, 0.5) is 13.2 Å². The molecule has 1 amide bonds. The number of rotatable bonds is 5. The van der Waals surface area contributed by atoms with E-state index in [2.05, 4.69) is 11.9 Å². The van der Waals surface area contributed by atoms with Crippen molar-refractivity contribution in [2.45, 2.75) is 25.6 Å². The van der Waals surface area contributed by atoms with Gasteiger partial charge in [-0.05, 0) is 31.5 Å². The molecule has 0 aliphatic heterocycles. The van der Waals surface area contributed by atoms with E-state index in [-0.39, 0.29) is 12.1 Å². The minimum atomic E-state index is -4.47. The molecule has 1 atom stereocenters. The van der Waals surface area contributed by atoms with Gasteiger partial charge in [0.05, 0.1) is 5.56 Å². The molecule has 0 aliphatic rings. The third kappa shape index (κ3) is 3.60. The molecule has 0 heterocycles. The van der Waals surface area contributed by atoms with Crippen LogP contribution in [0, 0.1) is 0 Å². The maximum absolute atomic E-state index is 12.7. The van der Waals surface area contributed by atoms with Crippen LogP contribution >= 0.6 is 0 Å². The van der Waals surface area contributed by atoms with Crippen LogP contribution in [0.15, 0.2) is 36.4 Å². The SMILES string of the molecule is C=C(C)CN[C@@](C)(C(N)=O)c1cccc(C(F)(F)F)c1. The Kier molecular flexibility index (Phi) is 4.60. The van der Waals surface area contributed by atoms with Gasteiger partial charge in [-0.3, -0.25) is 10.1 Å². The van der Waals surface area contributed by atoms with Crippen LogP contribution in [-0.2, 0) is 16.5 Å². The lowest BCUT2D eigenvalue weighted by Gasteiger charge is -2.29. The zero-order valence-corrected chi connectivity index (χ0v) is 11.3. The lowest BCUT2D eigenvalue weighted by atomic mass is 9.89. The summed E-state index contributed by atoms with van der Waals surface area (Å²) in [7, 11) is 0. The van der Waals surface area contributed by atoms with Crippen LogP contribution in [-0.4, -0.2) is 12.5 Å². The van der Waals surface area contributed by atoms with E-state index in [4.69, 9.17) is 5.73 Å². The summed E-state index contributed by atoms with van der Waals surface area (Å²) in [6.45, 7) is 7.14. The number of benzene rings is 1. The Bertz CT molecular complexity index is 525. The molecule has 1 aromatic carbocycles. The second-order valence-electron chi connectivity index (χ2n) is 4.88. The van der Waals surface area contributed by atoms with E-state index in [9.17, 15) is 18.0 Å². The molecule has 6 heteroatoms. The highest BCUT2D eigenvalue weighted by Crippen LogP contribution is 2.32. The van der Waals surface area contributed by atoms with E-state index in [1.165, 1.54) is 19.1 Å². The summed E-state index contributed by atoms with van der Waals surface area (Å²) >= 11 is 0. The number of hydrogen-bond donors (Lipinski definition) is 2. The number of primary amides is 1. The molecule has 0 spiro atoms. The van der Waals surface area contributed by atoms with Crippen molar-refractivity contribution < 1.29 is 18.0 Å². The summed E-state index contributed by atoms with van der Waals surface area (Å²) in [4.78, 5) is 11.6. The van der Waals surface area contributed by atoms with Crippen LogP contribution in [0.1, 0.15) is 25.0 Å². The van der Waals surface area contributed by atoms with Crippen molar-refractivity contribution in [3.05, 3.63) is 47.5 Å². The molecule has 1 aromatic rings. The Morgan fingerprint density at radius 1 is 1.35 bits per heavy atom. The molecule has 0 bridgehead atoms. The second-order valence-corrected chi connectivity index (χ2v) is 4.88. The molecule has 110 valence electrons. The third-order valence-corrected chi connectivity index (χ3v) is 3.00. The number of carbonyl (C=O) groups excluding carboxylic acids is 1. The quantitative estimate of drug-likeness (QED) is 0.817. The fourth-order valence-electron chi connectivity index (χ4n) is 1.67. The van der Waals surface area contributed by atoms with Gasteiger partial charge in [0.15, 0.2) is 0 Å². The largest absolute Gasteiger partial charge is 0.416 e. The summed E-state index contributed by atoms with van der Waals surface area (Å²) in [5.41, 5.74) is 4.04. The van der Waals surface area contributed by atoms with Gasteiger partial charge in [-0.25, -0.2) is 0 Å². The standard InChI is InChI=1S/C14H17F3N2O/c1-9(2)8-19-13(3,12(18)20)10-5-4-6-11(7-10)14(15,16)17/h4-7,19H,1,8H2,2-3H3,(H2,18,20)/t13-/m1/s1. The number of halogens is 3. The Hall–Kier alpha value is -1.82. The van der Waals surface area contributed by atoms with Gasteiger partial charge in [0.25, 0.3) is 0 Å². The zero-order valence-electron chi connectivity index (χ0n) is 11.3. The van der Waals surface area contributed by atoms with Crippen molar-refractivity contribution in [2.75, 3.05) is 6.54 Å². The Labute approximate surface area is 115 Å². The van der Waals surface area contributed by atoms with E-state index in [1.807, 2.05) is 0 Å². The summed E-state index contributed by atoms with van der Waals surface area (Å²) in [5, 5.41) is 2.85. The molecule has 0 aromatic heterocycles. The molecular formula is C14H17F3N2O. The van der Waals surface area contributed by atoms with Gasteiger partial charge in [-0.15, -0.1) is 0 Å².